The molecular formula is C14H17IN4O. The predicted molar refractivity (Wildman–Crippen MR) is 89.6 cm³/mol. The zero-order valence-corrected chi connectivity index (χ0v) is 13.6. The molecule has 6 heteroatoms. The van der Waals surface area contributed by atoms with Gasteiger partial charge in [-0.3, -0.25) is 4.99 Å². The molecule has 20 heavy (non-hydrogen) atoms. The van der Waals surface area contributed by atoms with Crippen molar-refractivity contribution < 1.29 is 4.52 Å². The molecule has 1 aliphatic rings. The Labute approximate surface area is 135 Å². The number of benzene rings is 1. The number of fused-ring (bicyclic) bond motifs is 1. The number of aromatic nitrogens is 1. The van der Waals surface area contributed by atoms with Gasteiger partial charge >= 0.3 is 0 Å². The van der Waals surface area contributed by atoms with Gasteiger partial charge in [0.05, 0.1) is 6.54 Å². The minimum atomic E-state index is 0. The molecule has 2 heterocycles. The van der Waals surface area contributed by atoms with Crippen molar-refractivity contribution in [3.8, 4) is 0 Å². The molecule has 0 amide bonds. The first-order chi connectivity index (χ1) is 9.38. The maximum Gasteiger partial charge on any atom is 0.198 e. The number of halogens is 1. The summed E-state index contributed by atoms with van der Waals surface area (Å²) in [6, 6.07) is 10.3. The van der Waals surface area contributed by atoms with E-state index in [0.29, 0.717) is 6.54 Å². The van der Waals surface area contributed by atoms with Crippen LogP contribution >= 0.6 is 24.0 Å². The smallest absolute Gasteiger partial charge is 0.198 e. The number of rotatable bonds is 2. The number of para-hydroxylation sites is 1. The van der Waals surface area contributed by atoms with E-state index >= 15 is 0 Å². The van der Waals surface area contributed by atoms with Crippen LogP contribution in [0.1, 0.15) is 11.3 Å². The molecule has 1 aromatic carbocycles. The van der Waals surface area contributed by atoms with Crippen LogP contribution in [-0.4, -0.2) is 24.7 Å². The highest BCUT2D eigenvalue weighted by atomic mass is 127. The fourth-order valence-corrected chi connectivity index (χ4v) is 2.35. The largest absolute Gasteiger partial charge is 0.364 e. The van der Waals surface area contributed by atoms with Crippen molar-refractivity contribution >= 4 is 35.6 Å². The van der Waals surface area contributed by atoms with Crippen molar-refractivity contribution in [2.75, 3.05) is 18.5 Å². The van der Waals surface area contributed by atoms with Gasteiger partial charge in [-0.2, -0.15) is 0 Å². The van der Waals surface area contributed by atoms with Gasteiger partial charge in [0.1, 0.15) is 12.0 Å². The lowest BCUT2D eigenvalue weighted by molar-refractivity contribution is 0.411. The van der Waals surface area contributed by atoms with Crippen LogP contribution in [0.25, 0.3) is 0 Å². The summed E-state index contributed by atoms with van der Waals surface area (Å²) >= 11 is 0. The first kappa shape index (κ1) is 14.8. The maximum atomic E-state index is 4.82. The second kappa shape index (κ2) is 6.74. The van der Waals surface area contributed by atoms with Crippen LogP contribution in [0.5, 0.6) is 0 Å². The molecule has 0 saturated carbocycles. The Hall–Kier alpha value is -1.57. The number of hydrogen-bond donors (Lipinski definition) is 1. The monoisotopic (exact) mass is 384 g/mol. The second-order valence-corrected chi connectivity index (χ2v) is 4.42. The number of hydrogen-bond acceptors (Lipinski definition) is 3. The van der Waals surface area contributed by atoms with Crippen molar-refractivity contribution in [1.82, 2.24) is 10.5 Å². The van der Waals surface area contributed by atoms with Crippen LogP contribution in [0, 0.1) is 0 Å². The summed E-state index contributed by atoms with van der Waals surface area (Å²) in [4.78, 5) is 6.55. The molecule has 3 rings (SSSR count). The summed E-state index contributed by atoms with van der Waals surface area (Å²) in [7, 11) is 1.80. The number of guanidine groups is 1. The zero-order valence-electron chi connectivity index (χ0n) is 11.2. The van der Waals surface area contributed by atoms with Gasteiger partial charge in [-0.05, 0) is 18.1 Å². The van der Waals surface area contributed by atoms with Gasteiger partial charge in [0.2, 0.25) is 0 Å². The molecule has 1 aromatic heterocycles. The van der Waals surface area contributed by atoms with E-state index < -0.39 is 0 Å². The van der Waals surface area contributed by atoms with Crippen LogP contribution in [0.2, 0.25) is 0 Å². The highest BCUT2D eigenvalue weighted by Gasteiger charge is 2.22. The molecule has 0 unspecified atom stereocenters. The molecule has 0 atom stereocenters. The molecule has 106 valence electrons. The fourth-order valence-electron chi connectivity index (χ4n) is 2.35. The third kappa shape index (κ3) is 2.95. The summed E-state index contributed by atoms with van der Waals surface area (Å²) in [5, 5.41) is 7.19. The molecule has 5 nitrogen and oxygen atoms in total. The molecule has 0 bridgehead atoms. The Balaban J connectivity index is 0.00000147. The van der Waals surface area contributed by atoms with Gasteiger partial charge in [-0.15, -0.1) is 24.0 Å². The first-order valence-corrected chi connectivity index (χ1v) is 6.34. The normalized spacial score (nSPS) is 13.8. The molecule has 1 N–H and O–H groups in total. The molecule has 0 radical (unpaired) electrons. The van der Waals surface area contributed by atoms with E-state index in [4.69, 9.17) is 4.52 Å². The summed E-state index contributed by atoms with van der Waals surface area (Å²) in [5.41, 5.74) is 3.47. The molecule has 2 aromatic rings. The van der Waals surface area contributed by atoms with Crippen molar-refractivity contribution in [2.24, 2.45) is 4.99 Å². The van der Waals surface area contributed by atoms with Crippen LogP contribution in [0.4, 0.5) is 5.69 Å². The Kier molecular flexibility index (Phi) is 4.99. The summed E-state index contributed by atoms with van der Waals surface area (Å²) in [6.45, 7) is 1.57. The van der Waals surface area contributed by atoms with Crippen molar-refractivity contribution in [1.29, 1.82) is 0 Å². The van der Waals surface area contributed by atoms with Crippen LogP contribution in [0.3, 0.4) is 0 Å². The van der Waals surface area contributed by atoms with E-state index in [2.05, 4.69) is 44.6 Å². The summed E-state index contributed by atoms with van der Waals surface area (Å²) in [5.74, 6) is 0.868. The van der Waals surface area contributed by atoms with Gasteiger partial charge < -0.3 is 14.7 Å². The van der Waals surface area contributed by atoms with Crippen LogP contribution in [0.15, 0.2) is 46.1 Å². The van der Waals surface area contributed by atoms with Crippen LogP contribution < -0.4 is 10.2 Å². The van der Waals surface area contributed by atoms with E-state index in [9.17, 15) is 0 Å². The Morgan fingerprint density at radius 3 is 3.00 bits per heavy atom. The van der Waals surface area contributed by atoms with E-state index in [1.54, 1.807) is 13.3 Å². The molecule has 0 aliphatic carbocycles. The SMILES string of the molecule is CN=C(NCc1ccon1)N1CCc2ccccc21.I. The van der Waals surface area contributed by atoms with Crippen molar-refractivity contribution in [3.05, 3.63) is 47.9 Å². The highest BCUT2D eigenvalue weighted by Crippen LogP contribution is 2.27. The highest BCUT2D eigenvalue weighted by molar-refractivity contribution is 14.0. The Bertz CT molecular complexity index is 583. The molecule has 0 fully saturated rings. The average Bonchev–Trinajstić information content (AvgIpc) is 3.09. The molecular weight excluding hydrogens is 367 g/mol. The maximum absolute atomic E-state index is 4.82. The molecule has 0 saturated heterocycles. The van der Waals surface area contributed by atoms with E-state index in [0.717, 1.165) is 24.6 Å². The van der Waals surface area contributed by atoms with Gasteiger partial charge in [0, 0.05) is 25.3 Å². The average molecular weight is 384 g/mol. The number of nitrogens with one attached hydrogen (secondary N) is 1. The lowest BCUT2D eigenvalue weighted by Crippen LogP contribution is -2.40. The third-order valence-corrected chi connectivity index (χ3v) is 3.27. The lowest BCUT2D eigenvalue weighted by Gasteiger charge is -2.21. The zero-order chi connectivity index (χ0) is 13.1. The topological polar surface area (TPSA) is 53.7 Å². The molecule has 1 aliphatic heterocycles. The Morgan fingerprint density at radius 2 is 2.25 bits per heavy atom. The van der Waals surface area contributed by atoms with E-state index in [1.165, 1.54) is 11.3 Å². The van der Waals surface area contributed by atoms with E-state index in [-0.39, 0.29) is 24.0 Å². The van der Waals surface area contributed by atoms with Gasteiger partial charge in [-0.25, -0.2) is 0 Å². The number of anilines is 1. The fraction of sp³-hybridized carbons (Fsp3) is 0.286. The van der Waals surface area contributed by atoms with Crippen LogP contribution in [-0.2, 0) is 13.0 Å². The minimum absolute atomic E-state index is 0. The number of nitrogens with zero attached hydrogens (tertiary/aromatic N) is 3. The lowest BCUT2D eigenvalue weighted by atomic mass is 10.2. The third-order valence-electron chi connectivity index (χ3n) is 3.27. The molecule has 0 spiro atoms. The summed E-state index contributed by atoms with van der Waals surface area (Å²) in [6.07, 6.45) is 2.63. The van der Waals surface area contributed by atoms with Crippen molar-refractivity contribution in [2.45, 2.75) is 13.0 Å². The van der Waals surface area contributed by atoms with Gasteiger partial charge in [0.25, 0.3) is 0 Å². The standard InChI is InChI=1S/C14H16N4O.HI/c1-15-14(16-10-12-7-9-19-17-12)18-8-6-11-4-2-3-5-13(11)18;/h2-5,7,9H,6,8,10H2,1H3,(H,15,16);1H. The van der Waals surface area contributed by atoms with Crippen molar-refractivity contribution in [3.63, 3.8) is 0 Å². The summed E-state index contributed by atoms with van der Waals surface area (Å²) < 4.78 is 4.82. The predicted octanol–water partition coefficient (Wildman–Crippen LogP) is 2.43. The minimum Gasteiger partial charge on any atom is -0.364 e. The quantitative estimate of drug-likeness (QED) is 0.491. The second-order valence-electron chi connectivity index (χ2n) is 4.42. The van der Waals surface area contributed by atoms with Gasteiger partial charge in [0.15, 0.2) is 5.96 Å². The number of aliphatic imine (C=N–C) groups is 1. The van der Waals surface area contributed by atoms with Gasteiger partial charge in [-0.1, -0.05) is 23.4 Å². The van der Waals surface area contributed by atoms with E-state index in [1.807, 2.05) is 6.07 Å². The first-order valence-electron chi connectivity index (χ1n) is 6.34. The Morgan fingerprint density at radius 1 is 1.40 bits per heavy atom.